The maximum absolute atomic E-state index is 12.9. The lowest BCUT2D eigenvalue weighted by atomic mass is 9.95. The molecular formula is C17H21N5O4. The predicted octanol–water partition coefficient (Wildman–Crippen LogP) is 2.02. The molecule has 0 fully saturated rings. The number of nitrogens with zero attached hydrogens (tertiary/aromatic N) is 4. The van der Waals surface area contributed by atoms with Crippen LogP contribution in [-0.2, 0) is 9.53 Å². The number of methoxy groups -OCH3 is 1. The first-order chi connectivity index (χ1) is 12.2. The number of nitrogens with one attached hydrogen (secondary N) is 1. The van der Waals surface area contributed by atoms with Crippen LogP contribution < -0.4 is 10.1 Å². The third-order valence-corrected chi connectivity index (χ3v) is 3.85. The van der Waals surface area contributed by atoms with Crippen LogP contribution in [0.3, 0.4) is 0 Å². The van der Waals surface area contributed by atoms with Crippen molar-refractivity contribution in [3.8, 4) is 11.5 Å². The number of phenolic OH excluding ortho intramolecular Hbond substituents is 1. The lowest BCUT2D eigenvalue weighted by Crippen LogP contribution is -2.33. The summed E-state index contributed by atoms with van der Waals surface area (Å²) in [5.74, 6) is 0.228. The highest BCUT2D eigenvalue weighted by Crippen LogP contribution is 2.38. The number of fused-ring (bicyclic) bond motifs is 1. The Morgan fingerprint density at radius 3 is 2.73 bits per heavy atom. The van der Waals surface area contributed by atoms with Crippen LogP contribution in [0.15, 0.2) is 29.5 Å². The quantitative estimate of drug-likeness (QED) is 0.801. The van der Waals surface area contributed by atoms with Gasteiger partial charge in [-0.3, -0.25) is 0 Å². The monoisotopic (exact) mass is 359 g/mol. The Bertz CT molecular complexity index is 882. The van der Waals surface area contributed by atoms with Crippen LogP contribution in [0.1, 0.15) is 39.3 Å². The number of esters is 1. The average molecular weight is 359 g/mol. The highest BCUT2D eigenvalue weighted by Gasteiger charge is 2.36. The van der Waals surface area contributed by atoms with E-state index in [4.69, 9.17) is 9.47 Å². The third-order valence-electron chi connectivity index (χ3n) is 3.85. The van der Waals surface area contributed by atoms with Crippen LogP contribution in [0.25, 0.3) is 0 Å². The Morgan fingerprint density at radius 2 is 2.08 bits per heavy atom. The van der Waals surface area contributed by atoms with Crippen LogP contribution in [0.4, 0.5) is 5.95 Å². The smallest absolute Gasteiger partial charge is 0.338 e. The van der Waals surface area contributed by atoms with Crippen molar-refractivity contribution in [3.05, 3.63) is 35.0 Å². The maximum atomic E-state index is 12.9. The van der Waals surface area contributed by atoms with E-state index in [-0.39, 0.29) is 11.5 Å². The Morgan fingerprint density at radius 1 is 1.35 bits per heavy atom. The van der Waals surface area contributed by atoms with Gasteiger partial charge in [0, 0.05) is 5.70 Å². The summed E-state index contributed by atoms with van der Waals surface area (Å²) in [6.45, 7) is 7.18. The highest BCUT2D eigenvalue weighted by molar-refractivity contribution is 5.92. The zero-order chi connectivity index (χ0) is 19.1. The standard InChI is InChI=1S/C17H21N5O4/c1-9-13(15(24)26-17(2,3)4)14(22-16(18-9)19-20-21-22)10-6-7-11(23)12(8-10)25-5/h6-8,14,23H,1-5H3,(H,18,19,21)/t14-/m1/s1. The van der Waals surface area contributed by atoms with Crippen LogP contribution >= 0.6 is 0 Å². The number of phenols is 1. The van der Waals surface area contributed by atoms with Crippen molar-refractivity contribution in [2.75, 3.05) is 12.4 Å². The van der Waals surface area contributed by atoms with E-state index in [1.54, 1.807) is 39.8 Å². The van der Waals surface area contributed by atoms with Crippen molar-refractivity contribution >= 4 is 11.9 Å². The number of rotatable bonds is 3. The molecular weight excluding hydrogens is 338 g/mol. The first-order valence-corrected chi connectivity index (χ1v) is 8.07. The molecule has 0 bridgehead atoms. The second-order valence-corrected chi connectivity index (χ2v) is 6.95. The van der Waals surface area contributed by atoms with Gasteiger partial charge in [0.1, 0.15) is 11.6 Å². The zero-order valence-corrected chi connectivity index (χ0v) is 15.3. The normalized spacial score (nSPS) is 16.7. The molecule has 0 spiro atoms. The summed E-state index contributed by atoms with van der Waals surface area (Å²) in [7, 11) is 1.46. The van der Waals surface area contributed by atoms with Gasteiger partial charge in [-0.25, -0.2) is 4.79 Å². The van der Waals surface area contributed by atoms with Crippen LogP contribution in [0.5, 0.6) is 11.5 Å². The lowest BCUT2D eigenvalue weighted by Gasteiger charge is -2.29. The minimum Gasteiger partial charge on any atom is -0.504 e. The molecule has 1 aliphatic heterocycles. The zero-order valence-electron chi connectivity index (χ0n) is 15.3. The van der Waals surface area contributed by atoms with Gasteiger partial charge in [0.2, 0.25) is 5.95 Å². The minimum atomic E-state index is -0.650. The van der Waals surface area contributed by atoms with Gasteiger partial charge in [0.05, 0.1) is 12.7 Å². The van der Waals surface area contributed by atoms with E-state index >= 15 is 0 Å². The van der Waals surface area contributed by atoms with E-state index in [2.05, 4.69) is 20.8 Å². The molecule has 3 rings (SSSR count). The number of aromatic hydroxyl groups is 1. The molecule has 138 valence electrons. The van der Waals surface area contributed by atoms with Gasteiger partial charge < -0.3 is 19.9 Å². The minimum absolute atomic E-state index is 0.00152. The lowest BCUT2D eigenvalue weighted by molar-refractivity contribution is -0.150. The number of ether oxygens (including phenoxy) is 2. The first-order valence-electron chi connectivity index (χ1n) is 8.07. The third kappa shape index (κ3) is 3.19. The summed E-state index contributed by atoms with van der Waals surface area (Å²) in [6, 6.07) is 4.22. The Balaban J connectivity index is 2.13. The molecule has 1 aromatic heterocycles. The van der Waals surface area contributed by atoms with Crippen molar-refractivity contribution in [3.63, 3.8) is 0 Å². The topological polar surface area (TPSA) is 111 Å². The van der Waals surface area contributed by atoms with Gasteiger partial charge in [-0.05, 0) is 55.8 Å². The molecule has 0 saturated carbocycles. The second-order valence-electron chi connectivity index (χ2n) is 6.95. The largest absolute Gasteiger partial charge is 0.504 e. The SMILES string of the molecule is COc1cc([C@@H]2C(C(=O)OC(C)(C)C)=C(C)Nc3nnnn32)ccc1O. The van der Waals surface area contributed by atoms with Crippen LogP contribution in [0, 0.1) is 0 Å². The Labute approximate surface area is 150 Å². The number of carbonyl (C=O) groups is 1. The van der Waals surface area contributed by atoms with Crippen molar-refractivity contribution in [1.29, 1.82) is 0 Å². The molecule has 0 amide bonds. The van der Waals surface area contributed by atoms with Crippen LogP contribution in [-0.4, -0.2) is 44.0 Å². The number of benzene rings is 1. The predicted molar refractivity (Wildman–Crippen MR) is 92.8 cm³/mol. The number of tetrazole rings is 1. The van der Waals surface area contributed by atoms with E-state index in [1.807, 2.05) is 0 Å². The van der Waals surface area contributed by atoms with E-state index < -0.39 is 17.6 Å². The molecule has 0 unspecified atom stereocenters. The molecule has 1 aromatic carbocycles. The first kappa shape index (κ1) is 17.7. The molecule has 26 heavy (non-hydrogen) atoms. The van der Waals surface area contributed by atoms with Crippen molar-refractivity contribution < 1.29 is 19.4 Å². The Kier molecular flexibility index (Phi) is 4.31. The number of allylic oxidation sites excluding steroid dienone is 1. The van der Waals surface area contributed by atoms with Gasteiger partial charge in [-0.1, -0.05) is 11.2 Å². The van der Waals surface area contributed by atoms with E-state index in [0.29, 0.717) is 22.8 Å². The summed E-state index contributed by atoms with van der Waals surface area (Å²) in [4.78, 5) is 12.9. The van der Waals surface area contributed by atoms with Gasteiger partial charge in [-0.15, -0.1) is 0 Å². The van der Waals surface area contributed by atoms with E-state index in [1.165, 1.54) is 17.9 Å². The molecule has 1 aliphatic rings. The molecule has 1 atom stereocenters. The van der Waals surface area contributed by atoms with Crippen molar-refractivity contribution in [2.45, 2.75) is 39.3 Å². The average Bonchev–Trinajstić information content (AvgIpc) is 3.00. The fraction of sp³-hybridized carbons (Fsp3) is 0.412. The molecule has 9 heteroatoms. The molecule has 2 heterocycles. The van der Waals surface area contributed by atoms with Crippen molar-refractivity contribution in [1.82, 2.24) is 20.2 Å². The van der Waals surface area contributed by atoms with Crippen molar-refractivity contribution in [2.24, 2.45) is 0 Å². The molecule has 2 aromatic rings. The van der Waals surface area contributed by atoms with Gasteiger partial charge in [0.15, 0.2) is 11.5 Å². The van der Waals surface area contributed by atoms with E-state index in [9.17, 15) is 9.90 Å². The molecule has 9 nitrogen and oxygen atoms in total. The molecule has 2 N–H and O–H groups in total. The fourth-order valence-corrected chi connectivity index (χ4v) is 2.78. The fourth-order valence-electron chi connectivity index (χ4n) is 2.78. The molecule has 0 radical (unpaired) electrons. The van der Waals surface area contributed by atoms with E-state index in [0.717, 1.165) is 0 Å². The van der Waals surface area contributed by atoms with Gasteiger partial charge in [0.25, 0.3) is 0 Å². The summed E-state index contributed by atoms with van der Waals surface area (Å²) in [5, 5.41) is 24.5. The summed E-state index contributed by atoms with van der Waals surface area (Å²) >= 11 is 0. The number of anilines is 1. The molecule has 0 aliphatic carbocycles. The van der Waals surface area contributed by atoms with Gasteiger partial charge >= 0.3 is 5.97 Å². The van der Waals surface area contributed by atoms with Gasteiger partial charge in [-0.2, -0.15) is 4.68 Å². The summed E-state index contributed by atoms with van der Waals surface area (Å²) < 4.78 is 12.3. The number of hydrogen-bond acceptors (Lipinski definition) is 8. The number of hydrogen-bond donors (Lipinski definition) is 2. The highest BCUT2D eigenvalue weighted by atomic mass is 16.6. The van der Waals surface area contributed by atoms with Crippen LogP contribution in [0.2, 0.25) is 0 Å². The summed E-state index contributed by atoms with van der Waals surface area (Å²) in [6.07, 6.45) is 0. The maximum Gasteiger partial charge on any atom is 0.338 e. The number of carbonyl (C=O) groups excluding carboxylic acids is 1. The summed E-state index contributed by atoms with van der Waals surface area (Å²) in [5.41, 5.74) is 1.00. The Hall–Kier alpha value is -3.10. The number of aromatic nitrogens is 4. The molecule has 0 saturated heterocycles. The second kappa shape index (κ2) is 6.32.